The minimum Gasteiger partial charge on any atom is -0.340 e. The summed E-state index contributed by atoms with van der Waals surface area (Å²) in [6, 6.07) is 5.10. The molecule has 9 nitrogen and oxygen atoms in total. The number of H-pyrrole nitrogens is 1. The topological polar surface area (TPSA) is 118 Å². The van der Waals surface area contributed by atoms with Gasteiger partial charge in [-0.1, -0.05) is 0 Å². The van der Waals surface area contributed by atoms with Gasteiger partial charge in [-0.05, 0) is 25.1 Å². The van der Waals surface area contributed by atoms with Crippen LogP contribution in [0.2, 0.25) is 0 Å². The predicted octanol–water partition coefficient (Wildman–Crippen LogP) is 1.33. The third-order valence-electron chi connectivity index (χ3n) is 3.86. The zero-order chi connectivity index (χ0) is 17.4. The molecule has 1 amide bonds. The highest BCUT2D eigenvalue weighted by Gasteiger charge is 2.17. The number of rotatable bonds is 3. The van der Waals surface area contributed by atoms with E-state index in [4.69, 9.17) is 0 Å². The van der Waals surface area contributed by atoms with E-state index in [1.165, 1.54) is 23.3 Å². The number of anilines is 1. The number of amides is 1. The van der Waals surface area contributed by atoms with Crippen LogP contribution in [0.1, 0.15) is 17.3 Å². The summed E-state index contributed by atoms with van der Waals surface area (Å²) >= 11 is 0. The molecule has 4 heterocycles. The molecule has 9 heteroatoms. The van der Waals surface area contributed by atoms with Gasteiger partial charge in [0.1, 0.15) is 23.1 Å². The van der Waals surface area contributed by atoms with E-state index >= 15 is 0 Å². The van der Waals surface area contributed by atoms with Crippen LogP contribution in [0.3, 0.4) is 0 Å². The van der Waals surface area contributed by atoms with Crippen LogP contribution in [0, 0.1) is 0 Å². The second-order valence-corrected chi connectivity index (χ2v) is 5.30. The van der Waals surface area contributed by atoms with Crippen molar-refractivity contribution in [1.82, 2.24) is 29.5 Å². The summed E-state index contributed by atoms with van der Waals surface area (Å²) in [5.41, 5.74) is 1.09. The van der Waals surface area contributed by atoms with Crippen molar-refractivity contribution in [2.45, 2.75) is 13.5 Å². The Balaban J connectivity index is 1.81. The van der Waals surface area contributed by atoms with E-state index in [2.05, 4.69) is 30.2 Å². The smallest absolute Gasteiger partial charge is 0.265 e. The molecule has 0 fully saturated rings. The maximum atomic E-state index is 12.7. The molecule has 2 N–H and O–H groups in total. The Morgan fingerprint density at radius 3 is 3.00 bits per heavy atom. The number of aromatic amines is 1. The molecule has 0 radical (unpaired) electrons. The molecular formula is C16H13N7O2. The van der Waals surface area contributed by atoms with Gasteiger partial charge in [0.05, 0.1) is 6.33 Å². The second-order valence-electron chi connectivity index (χ2n) is 5.30. The van der Waals surface area contributed by atoms with Crippen LogP contribution < -0.4 is 10.9 Å². The van der Waals surface area contributed by atoms with Gasteiger partial charge in [0.25, 0.3) is 11.5 Å². The fourth-order valence-corrected chi connectivity index (χ4v) is 2.70. The van der Waals surface area contributed by atoms with Crippen molar-refractivity contribution in [3.8, 4) is 0 Å². The van der Waals surface area contributed by atoms with Gasteiger partial charge in [-0.2, -0.15) is 0 Å². The molecule has 0 saturated heterocycles. The molecule has 25 heavy (non-hydrogen) atoms. The zero-order valence-electron chi connectivity index (χ0n) is 13.2. The van der Waals surface area contributed by atoms with Crippen LogP contribution >= 0.6 is 0 Å². The fourth-order valence-electron chi connectivity index (χ4n) is 2.70. The SMILES string of the molecule is CCn1c(=O)c(C(=O)Nc2ncnc3nc[nH]c23)cc2cccnc21. The highest BCUT2D eigenvalue weighted by molar-refractivity contribution is 6.07. The van der Waals surface area contributed by atoms with E-state index in [0.717, 1.165) is 0 Å². The summed E-state index contributed by atoms with van der Waals surface area (Å²) in [4.78, 5) is 44.5. The van der Waals surface area contributed by atoms with E-state index < -0.39 is 11.5 Å². The second kappa shape index (κ2) is 5.78. The molecule has 0 unspecified atom stereocenters. The van der Waals surface area contributed by atoms with Gasteiger partial charge in [0.15, 0.2) is 11.5 Å². The van der Waals surface area contributed by atoms with Crippen LogP contribution in [0.25, 0.3) is 22.2 Å². The minimum atomic E-state index is -0.549. The number of hydrogen-bond acceptors (Lipinski definition) is 6. The summed E-state index contributed by atoms with van der Waals surface area (Å²) in [5, 5.41) is 3.36. The van der Waals surface area contributed by atoms with Crippen molar-refractivity contribution < 1.29 is 4.79 Å². The number of nitrogens with zero attached hydrogens (tertiary/aromatic N) is 5. The lowest BCUT2D eigenvalue weighted by molar-refractivity contribution is 0.102. The van der Waals surface area contributed by atoms with Crippen molar-refractivity contribution in [3.63, 3.8) is 0 Å². The van der Waals surface area contributed by atoms with Crippen LogP contribution in [-0.2, 0) is 6.54 Å². The van der Waals surface area contributed by atoms with Gasteiger partial charge in [-0.3, -0.25) is 14.2 Å². The number of pyridine rings is 2. The molecule has 0 bridgehead atoms. The van der Waals surface area contributed by atoms with Crippen LogP contribution in [0.15, 0.2) is 41.8 Å². The lowest BCUT2D eigenvalue weighted by atomic mass is 10.2. The first-order valence-electron chi connectivity index (χ1n) is 7.63. The summed E-state index contributed by atoms with van der Waals surface area (Å²) in [6.07, 6.45) is 4.37. The largest absolute Gasteiger partial charge is 0.340 e. The lowest BCUT2D eigenvalue weighted by Gasteiger charge is -2.10. The molecule has 0 atom stereocenters. The maximum absolute atomic E-state index is 12.7. The third kappa shape index (κ3) is 2.42. The average Bonchev–Trinajstić information content (AvgIpc) is 3.11. The number of nitrogens with one attached hydrogen (secondary N) is 2. The Hall–Kier alpha value is -3.62. The summed E-state index contributed by atoms with van der Waals surface area (Å²) in [5.74, 6) is -0.284. The molecular weight excluding hydrogens is 322 g/mol. The normalized spacial score (nSPS) is 11.1. The first-order valence-corrected chi connectivity index (χ1v) is 7.63. The van der Waals surface area contributed by atoms with Gasteiger partial charge in [-0.25, -0.2) is 19.9 Å². The summed E-state index contributed by atoms with van der Waals surface area (Å²) < 4.78 is 1.47. The first-order chi connectivity index (χ1) is 12.2. The van der Waals surface area contributed by atoms with Crippen molar-refractivity contribution in [2.24, 2.45) is 0 Å². The summed E-state index contributed by atoms with van der Waals surface area (Å²) in [7, 11) is 0. The highest BCUT2D eigenvalue weighted by atomic mass is 16.2. The Kier molecular flexibility index (Phi) is 3.46. The van der Waals surface area contributed by atoms with Gasteiger partial charge < -0.3 is 10.3 Å². The molecule has 0 aliphatic carbocycles. The monoisotopic (exact) mass is 335 g/mol. The van der Waals surface area contributed by atoms with Gasteiger partial charge in [0.2, 0.25) is 0 Å². The maximum Gasteiger partial charge on any atom is 0.265 e. The van der Waals surface area contributed by atoms with Gasteiger partial charge >= 0.3 is 0 Å². The number of carbonyl (C=O) groups excluding carboxylic acids is 1. The Bertz CT molecular complexity index is 1160. The van der Waals surface area contributed by atoms with Crippen molar-refractivity contribution in [3.05, 3.63) is 53.0 Å². The van der Waals surface area contributed by atoms with Crippen LogP contribution in [0.5, 0.6) is 0 Å². The van der Waals surface area contributed by atoms with E-state index in [1.54, 1.807) is 12.3 Å². The molecule has 4 rings (SSSR count). The number of fused-ring (bicyclic) bond motifs is 2. The Labute approximate surface area is 140 Å². The predicted molar refractivity (Wildman–Crippen MR) is 91.3 cm³/mol. The number of imidazole rings is 1. The summed E-state index contributed by atoms with van der Waals surface area (Å²) in [6.45, 7) is 2.24. The molecule has 4 aromatic heterocycles. The number of hydrogen-bond donors (Lipinski definition) is 2. The van der Waals surface area contributed by atoms with E-state index in [0.29, 0.717) is 28.7 Å². The Morgan fingerprint density at radius 2 is 2.16 bits per heavy atom. The highest BCUT2D eigenvalue weighted by Crippen LogP contribution is 2.16. The third-order valence-corrected chi connectivity index (χ3v) is 3.86. The lowest BCUT2D eigenvalue weighted by Crippen LogP contribution is -2.29. The van der Waals surface area contributed by atoms with E-state index in [1.807, 2.05) is 13.0 Å². The standard InChI is InChI=1S/C16H13N7O2/c1-2-23-14-9(4-3-5-17-14)6-10(16(23)25)15(24)22-13-11-12(19-7-18-11)20-8-21-13/h3-8H,2H2,1H3,(H2,18,19,20,21,22,24). The van der Waals surface area contributed by atoms with Crippen LogP contribution in [-0.4, -0.2) is 35.4 Å². The first kappa shape index (κ1) is 14.9. The zero-order valence-corrected chi connectivity index (χ0v) is 13.2. The minimum absolute atomic E-state index is 0.0219. The quantitative estimate of drug-likeness (QED) is 0.583. The van der Waals surface area contributed by atoms with Gasteiger partial charge in [-0.15, -0.1) is 0 Å². The fraction of sp³-hybridized carbons (Fsp3) is 0.125. The number of aryl methyl sites for hydroxylation is 1. The number of aromatic nitrogens is 6. The molecule has 124 valence electrons. The molecule has 0 aromatic carbocycles. The molecule has 4 aromatic rings. The molecule has 0 spiro atoms. The average molecular weight is 335 g/mol. The van der Waals surface area contributed by atoms with E-state index in [-0.39, 0.29) is 11.4 Å². The number of carbonyl (C=O) groups is 1. The molecule has 0 aliphatic heterocycles. The molecule has 0 saturated carbocycles. The van der Waals surface area contributed by atoms with Crippen molar-refractivity contribution in [2.75, 3.05) is 5.32 Å². The van der Waals surface area contributed by atoms with E-state index in [9.17, 15) is 9.59 Å². The van der Waals surface area contributed by atoms with Crippen LogP contribution in [0.4, 0.5) is 5.82 Å². The van der Waals surface area contributed by atoms with Crippen molar-refractivity contribution >= 4 is 33.9 Å². The van der Waals surface area contributed by atoms with Gasteiger partial charge in [0, 0.05) is 18.1 Å². The molecule has 0 aliphatic rings. The van der Waals surface area contributed by atoms with Crippen molar-refractivity contribution in [1.29, 1.82) is 0 Å². The Morgan fingerprint density at radius 1 is 1.28 bits per heavy atom.